The molecule has 0 bridgehead atoms. The molecule has 1 aromatic heterocycles. The summed E-state index contributed by atoms with van der Waals surface area (Å²) in [7, 11) is 1.99. The Hall–Kier alpha value is -1.19. The minimum atomic E-state index is 0.192. The summed E-state index contributed by atoms with van der Waals surface area (Å²) < 4.78 is 0. The Bertz CT molecular complexity index is 531. The zero-order chi connectivity index (χ0) is 13.8. The molecule has 2 rings (SSSR count). The molecule has 0 aliphatic carbocycles. The molecule has 2 nitrogen and oxygen atoms in total. The fourth-order valence-electron chi connectivity index (χ4n) is 2.37. The lowest BCUT2D eigenvalue weighted by Crippen LogP contribution is -2.18. The minimum Gasteiger partial charge on any atom is -0.308 e. The van der Waals surface area contributed by atoms with Crippen molar-refractivity contribution in [2.24, 2.45) is 5.92 Å². The number of hydrogen-bond acceptors (Lipinski definition) is 3. The van der Waals surface area contributed by atoms with Gasteiger partial charge in [-0.2, -0.15) is 0 Å². The second kappa shape index (κ2) is 6.31. The van der Waals surface area contributed by atoms with E-state index >= 15 is 0 Å². The molecule has 2 aromatic rings. The van der Waals surface area contributed by atoms with Crippen molar-refractivity contribution in [1.29, 1.82) is 0 Å². The van der Waals surface area contributed by atoms with E-state index in [-0.39, 0.29) is 6.04 Å². The minimum absolute atomic E-state index is 0.192. The highest BCUT2D eigenvalue weighted by molar-refractivity contribution is 7.09. The molecule has 1 heterocycles. The molecule has 0 fully saturated rings. The summed E-state index contributed by atoms with van der Waals surface area (Å²) in [5.41, 5.74) is 3.82. The van der Waals surface area contributed by atoms with Gasteiger partial charge in [-0.15, -0.1) is 11.3 Å². The zero-order valence-corrected chi connectivity index (χ0v) is 12.9. The van der Waals surface area contributed by atoms with Gasteiger partial charge in [0.2, 0.25) is 0 Å². The molecule has 0 amide bonds. The maximum absolute atomic E-state index is 4.60. The number of nitrogens with zero attached hydrogens (tertiary/aromatic N) is 1. The molecule has 19 heavy (non-hydrogen) atoms. The van der Waals surface area contributed by atoms with Gasteiger partial charge in [-0.1, -0.05) is 38.1 Å². The molecular formula is C16H22N2S. The molecule has 1 unspecified atom stereocenters. The third-order valence-corrected chi connectivity index (χ3v) is 3.94. The number of rotatable bonds is 5. The van der Waals surface area contributed by atoms with E-state index in [1.54, 1.807) is 11.3 Å². The third-order valence-electron chi connectivity index (χ3n) is 3.15. The van der Waals surface area contributed by atoms with Crippen LogP contribution >= 0.6 is 11.3 Å². The van der Waals surface area contributed by atoms with Crippen molar-refractivity contribution >= 4 is 11.3 Å². The van der Waals surface area contributed by atoms with Crippen LogP contribution in [-0.4, -0.2) is 12.0 Å². The van der Waals surface area contributed by atoms with Gasteiger partial charge in [0.1, 0.15) is 0 Å². The first-order chi connectivity index (χ1) is 9.10. The van der Waals surface area contributed by atoms with Gasteiger partial charge >= 0.3 is 0 Å². The van der Waals surface area contributed by atoms with E-state index in [9.17, 15) is 0 Å². The van der Waals surface area contributed by atoms with E-state index in [1.165, 1.54) is 11.1 Å². The van der Waals surface area contributed by atoms with Crippen LogP contribution in [0.5, 0.6) is 0 Å². The highest BCUT2D eigenvalue weighted by Gasteiger charge is 2.15. The van der Waals surface area contributed by atoms with Crippen LogP contribution in [0.4, 0.5) is 0 Å². The van der Waals surface area contributed by atoms with E-state index < -0.39 is 0 Å². The molecule has 0 aliphatic heterocycles. The molecule has 0 spiro atoms. The molecule has 0 radical (unpaired) electrons. The van der Waals surface area contributed by atoms with Crippen LogP contribution in [0.15, 0.2) is 29.6 Å². The van der Waals surface area contributed by atoms with Gasteiger partial charge in [0.15, 0.2) is 0 Å². The summed E-state index contributed by atoms with van der Waals surface area (Å²) in [6, 6.07) is 9.03. The predicted octanol–water partition coefficient (Wildman–Crippen LogP) is 3.96. The van der Waals surface area contributed by atoms with Gasteiger partial charge < -0.3 is 5.32 Å². The Labute approximate surface area is 119 Å². The highest BCUT2D eigenvalue weighted by atomic mass is 32.1. The lowest BCUT2D eigenvalue weighted by atomic mass is 9.97. The standard InChI is InChI=1S/C16H22N2S/c1-11(2)8-13-6-5-7-14(9-13)16(17-4)15-10-19-12(3)18-15/h5-7,9-11,16-17H,8H2,1-4H3. The Morgan fingerprint density at radius 3 is 2.68 bits per heavy atom. The molecular weight excluding hydrogens is 252 g/mol. The Balaban J connectivity index is 2.28. The topological polar surface area (TPSA) is 24.9 Å². The number of hydrogen-bond donors (Lipinski definition) is 1. The van der Waals surface area contributed by atoms with E-state index in [0.717, 1.165) is 17.1 Å². The van der Waals surface area contributed by atoms with Gasteiger partial charge in [0, 0.05) is 5.38 Å². The molecule has 1 aromatic carbocycles. The van der Waals surface area contributed by atoms with Crippen molar-refractivity contribution < 1.29 is 0 Å². The van der Waals surface area contributed by atoms with E-state index in [1.807, 2.05) is 7.05 Å². The van der Waals surface area contributed by atoms with Crippen molar-refractivity contribution in [2.45, 2.75) is 33.2 Å². The summed E-state index contributed by atoms with van der Waals surface area (Å²) in [5, 5.41) is 6.64. The molecule has 1 N–H and O–H groups in total. The molecule has 102 valence electrons. The average molecular weight is 274 g/mol. The number of aromatic nitrogens is 1. The molecule has 1 atom stereocenters. The van der Waals surface area contributed by atoms with Crippen LogP contribution in [0.2, 0.25) is 0 Å². The quantitative estimate of drug-likeness (QED) is 0.892. The fourth-order valence-corrected chi connectivity index (χ4v) is 3.01. The summed E-state index contributed by atoms with van der Waals surface area (Å²) in [6.07, 6.45) is 1.13. The van der Waals surface area contributed by atoms with Crippen molar-refractivity contribution in [1.82, 2.24) is 10.3 Å². The first kappa shape index (κ1) is 14.2. The lowest BCUT2D eigenvalue weighted by molar-refractivity contribution is 0.641. The Kier molecular flexibility index (Phi) is 4.72. The van der Waals surface area contributed by atoms with Gasteiger partial charge in [-0.25, -0.2) is 4.98 Å². The van der Waals surface area contributed by atoms with Crippen molar-refractivity contribution in [3.8, 4) is 0 Å². The normalized spacial score (nSPS) is 12.9. The first-order valence-corrected chi connectivity index (χ1v) is 7.66. The van der Waals surface area contributed by atoms with E-state index in [4.69, 9.17) is 0 Å². The highest BCUT2D eigenvalue weighted by Crippen LogP contribution is 2.24. The lowest BCUT2D eigenvalue weighted by Gasteiger charge is -2.16. The summed E-state index contributed by atoms with van der Waals surface area (Å²) in [5.74, 6) is 0.685. The van der Waals surface area contributed by atoms with Crippen molar-refractivity contribution in [3.05, 3.63) is 51.5 Å². The Morgan fingerprint density at radius 1 is 1.32 bits per heavy atom. The van der Waals surface area contributed by atoms with Crippen LogP contribution in [0, 0.1) is 12.8 Å². The second-order valence-electron chi connectivity index (χ2n) is 5.36. The van der Waals surface area contributed by atoms with Crippen LogP contribution in [0.25, 0.3) is 0 Å². The zero-order valence-electron chi connectivity index (χ0n) is 12.1. The molecule has 0 saturated carbocycles. The summed E-state index contributed by atoms with van der Waals surface area (Å²) >= 11 is 1.71. The number of benzene rings is 1. The fraction of sp³-hybridized carbons (Fsp3) is 0.438. The number of nitrogens with one attached hydrogen (secondary N) is 1. The molecule has 3 heteroatoms. The van der Waals surface area contributed by atoms with Crippen LogP contribution in [-0.2, 0) is 6.42 Å². The second-order valence-corrected chi connectivity index (χ2v) is 6.42. The summed E-state index contributed by atoms with van der Waals surface area (Å²) in [4.78, 5) is 4.60. The molecule has 0 aliphatic rings. The van der Waals surface area contributed by atoms with Crippen molar-refractivity contribution in [2.75, 3.05) is 7.05 Å². The van der Waals surface area contributed by atoms with Gasteiger partial charge in [0.25, 0.3) is 0 Å². The average Bonchev–Trinajstić information content (AvgIpc) is 2.76. The maximum Gasteiger partial charge on any atom is 0.0898 e. The Morgan fingerprint density at radius 2 is 2.11 bits per heavy atom. The molecule has 0 saturated heterocycles. The van der Waals surface area contributed by atoms with E-state index in [0.29, 0.717) is 5.92 Å². The van der Waals surface area contributed by atoms with E-state index in [2.05, 4.69) is 60.7 Å². The maximum atomic E-state index is 4.60. The van der Waals surface area contributed by atoms with Crippen LogP contribution < -0.4 is 5.32 Å². The first-order valence-electron chi connectivity index (χ1n) is 6.78. The monoisotopic (exact) mass is 274 g/mol. The van der Waals surface area contributed by atoms with Gasteiger partial charge in [-0.05, 0) is 37.4 Å². The summed E-state index contributed by atoms with van der Waals surface area (Å²) in [6.45, 7) is 6.56. The van der Waals surface area contributed by atoms with Gasteiger partial charge in [-0.3, -0.25) is 0 Å². The number of thiazole rings is 1. The predicted molar refractivity (Wildman–Crippen MR) is 82.7 cm³/mol. The van der Waals surface area contributed by atoms with Crippen molar-refractivity contribution in [3.63, 3.8) is 0 Å². The smallest absolute Gasteiger partial charge is 0.0898 e. The van der Waals surface area contributed by atoms with Gasteiger partial charge in [0.05, 0.1) is 16.7 Å². The largest absolute Gasteiger partial charge is 0.308 e. The third kappa shape index (κ3) is 3.64. The SMILES string of the molecule is CNC(c1cccc(CC(C)C)c1)c1csc(C)n1. The van der Waals surface area contributed by atoms with Crippen LogP contribution in [0.1, 0.15) is 41.7 Å². The van der Waals surface area contributed by atoms with Crippen LogP contribution in [0.3, 0.4) is 0 Å². The number of aryl methyl sites for hydroxylation is 1.